The van der Waals surface area contributed by atoms with Crippen molar-refractivity contribution in [3.63, 3.8) is 0 Å². The third kappa shape index (κ3) is 3.87. The van der Waals surface area contributed by atoms with Gasteiger partial charge in [0.2, 0.25) is 5.91 Å². The number of rotatable bonds is 7. The van der Waals surface area contributed by atoms with Gasteiger partial charge in [0, 0.05) is 18.0 Å². The maximum absolute atomic E-state index is 12.1. The molecule has 20 heavy (non-hydrogen) atoms. The Bertz CT molecular complexity index is 445. The average molecular weight is 280 g/mol. The van der Waals surface area contributed by atoms with E-state index in [1.165, 1.54) is 0 Å². The van der Waals surface area contributed by atoms with Crippen molar-refractivity contribution in [3.8, 4) is 11.5 Å². The highest BCUT2D eigenvalue weighted by molar-refractivity contribution is 5.79. The summed E-state index contributed by atoms with van der Waals surface area (Å²) < 4.78 is 10.5. The van der Waals surface area contributed by atoms with Crippen molar-refractivity contribution in [2.24, 2.45) is 11.7 Å². The van der Waals surface area contributed by atoms with Crippen LogP contribution in [-0.2, 0) is 4.79 Å². The number of nitrogens with one attached hydrogen (secondary N) is 1. The summed E-state index contributed by atoms with van der Waals surface area (Å²) >= 11 is 0. The highest BCUT2D eigenvalue weighted by Crippen LogP contribution is 2.29. The molecule has 0 saturated carbocycles. The number of carbonyl (C=O) groups is 1. The fraction of sp³-hybridized carbons (Fsp3) is 0.533. The fourth-order valence-electron chi connectivity index (χ4n) is 2.05. The first-order valence-corrected chi connectivity index (χ1v) is 6.79. The molecular formula is C15H24N2O3. The molecule has 0 aliphatic carbocycles. The Labute approximate surface area is 120 Å². The lowest BCUT2D eigenvalue weighted by molar-refractivity contribution is -0.125. The Morgan fingerprint density at radius 2 is 2.05 bits per heavy atom. The molecule has 1 amide bonds. The van der Waals surface area contributed by atoms with E-state index in [1.54, 1.807) is 14.2 Å². The van der Waals surface area contributed by atoms with Gasteiger partial charge in [0.25, 0.3) is 0 Å². The summed E-state index contributed by atoms with van der Waals surface area (Å²) in [5, 5.41) is 2.97. The van der Waals surface area contributed by atoms with E-state index in [2.05, 4.69) is 5.32 Å². The quantitative estimate of drug-likeness (QED) is 0.799. The summed E-state index contributed by atoms with van der Waals surface area (Å²) in [7, 11) is 3.21. The minimum absolute atomic E-state index is 0.0348. The van der Waals surface area contributed by atoms with Crippen molar-refractivity contribution < 1.29 is 14.3 Å². The molecule has 0 saturated heterocycles. The zero-order valence-electron chi connectivity index (χ0n) is 12.6. The molecular weight excluding hydrogens is 256 g/mol. The second-order valence-electron chi connectivity index (χ2n) is 4.68. The van der Waals surface area contributed by atoms with Gasteiger partial charge in [0.1, 0.15) is 11.5 Å². The van der Waals surface area contributed by atoms with Crippen molar-refractivity contribution in [2.75, 3.05) is 20.8 Å². The zero-order valence-corrected chi connectivity index (χ0v) is 12.6. The molecule has 1 rings (SSSR count). The number of benzene rings is 1. The molecule has 2 unspecified atom stereocenters. The molecule has 0 radical (unpaired) electrons. The summed E-state index contributed by atoms with van der Waals surface area (Å²) in [5.41, 5.74) is 6.48. The molecule has 0 aliphatic rings. The fourth-order valence-corrected chi connectivity index (χ4v) is 2.05. The van der Waals surface area contributed by atoms with Gasteiger partial charge in [-0.1, -0.05) is 6.92 Å². The normalized spacial score (nSPS) is 13.4. The van der Waals surface area contributed by atoms with E-state index >= 15 is 0 Å². The van der Waals surface area contributed by atoms with Crippen molar-refractivity contribution in [1.29, 1.82) is 0 Å². The number of carbonyl (C=O) groups excluding carboxylic acids is 1. The van der Waals surface area contributed by atoms with Gasteiger partial charge in [-0.15, -0.1) is 0 Å². The zero-order chi connectivity index (χ0) is 15.1. The maximum Gasteiger partial charge on any atom is 0.224 e. The molecule has 0 aliphatic heterocycles. The van der Waals surface area contributed by atoms with E-state index in [1.807, 2.05) is 32.0 Å². The number of methoxy groups -OCH3 is 2. The highest BCUT2D eigenvalue weighted by atomic mass is 16.5. The summed E-state index contributed by atoms with van der Waals surface area (Å²) in [5.74, 6) is 1.26. The molecule has 1 aromatic rings. The van der Waals surface area contributed by atoms with Gasteiger partial charge >= 0.3 is 0 Å². The van der Waals surface area contributed by atoms with E-state index in [0.29, 0.717) is 6.54 Å². The van der Waals surface area contributed by atoms with Crippen LogP contribution < -0.4 is 20.5 Å². The lowest BCUT2D eigenvalue weighted by atomic mass is 10.0. The van der Waals surface area contributed by atoms with Crippen LogP contribution in [0.5, 0.6) is 11.5 Å². The number of hydrogen-bond donors (Lipinski definition) is 2. The Morgan fingerprint density at radius 1 is 1.35 bits per heavy atom. The van der Waals surface area contributed by atoms with Crippen LogP contribution in [-0.4, -0.2) is 26.7 Å². The van der Waals surface area contributed by atoms with Crippen LogP contribution in [0.15, 0.2) is 18.2 Å². The number of amides is 1. The topological polar surface area (TPSA) is 73.6 Å². The maximum atomic E-state index is 12.1. The summed E-state index contributed by atoms with van der Waals surface area (Å²) in [6.45, 7) is 4.22. The van der Waals surface area contributed by atoms with Crippen LogP contribution in [0.1, 0.15) is 31.9 Å². The smallest absolute Gasteiger partial charge is 0.224 e. The Morgan fingerprint density at radius 3 is 2.55 bits per heavy atom. The number of ether oxygens (including phenoxy) is 2. The summed E-state index contributed by atoms with van der Waals surface area (Å²) in [4.78, 5) is 12.1. The molecule has 1 aromatic carbocycles. The molecule has 0 bridgehead atoms. The Hall–Kier alpha value is -1.75. The summed E-state index contributed by atoms with van der Waals surface area (Å²) in [6.07, 6.45) is 0.726. The molecule has 3 N–H and O–H groups in total. The first-order chi connectivity index (χ1) is 9.57. The van der Waals surface area contributed by atoms with E-state index in [9.17, 15) is 4.79 Å². The minimum Gasteiger partial charge on any atom is -0.497 e. The SMILES string of the molecule is CCC(CN)C(=O)NC(C)c1cc(OC)ccc1OC. The third-order valence-corrected chi connectivity index (χ3v) is 3.41. The monoisotopic (exact) mass is 280 g/mol. The predicted octanol–water partition coefficient (Wildman–Crippen LogP) is 1.87. The Kier molecular flexibility index (Phi) is 6.31. The Balaban J connectivity index is 2.90. The van der Waals surface area contributed by atoms with Crippen LogP contribution in [0.2, 0.25) is 0 Å². The van der Waals surface area contributed by atoms with E-state index in [4.69, 9.17) is 15.2 Å². The van der Waals surface area contributed by atoms with Crippen LogP contribution in [0.4, 0.5) is 0 Å². The van der Waals surface area contributed by atoms with Crippen LogP contribution >= 0.6 is 0 Å². The second kappa shape index (κ2) is 7.75. The van der Waals surface area contributed by atoms with E-state index < -0.39 is 0 Å². The van der Waals surface area contributed by atoms with Crippen LogP contribution in [0, 0.1) is 5.92 Å². The van der Waals surface area contributed by atoms with Gasteiger partial charge in [0.05, 0.1) is 20.3 Å². The van der Waals surface area contributed by atoms with Crippen LogP contribution in [0.25, 0.3) is 0 Å². The molecule has 5 nitrogen and oxygen atoms in total. The lowest BCUT2D eigenvalue weighted by Gasteiger charge is -2.20. The van der Waals surface area contributed by atoms with Gasteiger partial charge in [-0.25, -0.2) is 0 Å². The third-order valence-electron chi connectivity index (χ3n) is 3.41. The van der Waals surface area contributed by atoms with E-state index in [-0.39, 0.29) is 17.9 Å². The van der Waals surface area contributed by atoms with Gasteiger partial charge in [-0.2, -0.15) is 0 Å². The van der Waals surface area contributed by atoms with Gasteiger partial charge in [-0.3, -0.25) is 4.79 Å². The molecule has 0 fully saturated rings. The van der Waals surface area contributed by atoms with Crippen molar-refractivity contribution in [2.45, 2.75) is 26.3 Å². The van der Waals surface area contributed by atoms with Crippen molar-refractivity contribution in [3.05, 3.63) is 23.8 Å². The second-order valence-corrected chi connectivity index (χ2v) is 4.68. The van der Waals surface area contributed by atoms with Gasteiger partial charge in [-0.05, 0) is 31.5 Å². The molecule has 112 valence electrons. The van der Waals surface area contributed by atoms with Gasteiger partial charge < -0.3 is 20.5 Å². The molecule has 5 heteroatoms. The summed E-state index contributed by atoms with van der Waals surface area (Å²) in [6, 6.07) is 5.35. The number of nitrogens with two attached hydrogens (primary N) is 1. The highest BCUT2D eigenvalue weighted by Gasteiger charge is 2.19. The lowest BCUT2D eigenvalue weighted by Crippen LogP contribution is -2.36. The van der Waals surface area contributed by atoms with Gasteiger partial charge in [0.15, 0.2) is 0 Å². The molecule has 0 aromatic heterocycles. The van der Waals surface area contributed by atoms with Crippen molar-refractivity contribution in [1.82, 2.24) is 5.32 Å². The average Bonchev–Trinajstić information content (AvgIpc) is 2.47. The molecule has 0 heterocycles. The predicted molar refractivity (Wildman–Crippen MR) is 78.9 cm³/mol. The van der Waals surface area contributed by atoms with E-state index in [0.717, 1.165) is 23.5 Å². The minimum atomic E-state index is -0.173. The van der Waals surface area contributed by atoms with Crippen LogP contribution in [0.3, 0.4) is 0 Å². The standard InChI is InChI=1S/C15H24N2O3/c1-5-11(9-16)15(18)17-10(2)13-8-12(19-3)6-7-14(13)20-4/h6-8,10-11H,5,9,16H2,1-4H3,(H,17,18). The number of hydrogen-bond acceptors (Lipinski definition) is 4. The largest absolute Gasteiger partial charge is 0.497 e. The molecule has 2 atom stereocenters. The first-order valence-electron chi connectivity index (χ1n) is 6.79. The first kappa shape index (κ1) is 16.3. The molecule has 0 spiro atoms. The van der Waals surface area contributed by atoms with Crippen molar-refractivity contribution >= 4 is 5.91 Å².